The maximum atomic E-state index is 11.4. The van der Waals surface area contributed by atoms with E-state index >= 15 is 0 Å². The molecule has 2 N–H and O–H groups in total. The third-order valence-electron chi connectivity index (χ3n) is 3.48. The van der Waals surface area contributed by atoms with Crippen molar-refractivity contribution in [2.75, 3.05) is 0 Å². The van der Waals surface area contributed by atoms with Crippen molar-refractivity contribution in [3.8, 4) is 16.9 Å². The highest BCUT2D eigenvalue weighted by atomic mass is 79.9. The van der Waals surface area contributed by atoms with Crippen LogP contribution in [0.2, 0.25) is 0 Å². The molecule has 128 valence electrons. The molecule has 0 aliphatic heterocycles. The monoisotopic (exact) mass is 420 g/mol. The Morgan fingerprint density at radius 3 is 2.20 bits per heavy atom. The number of sulfonamides is 1. The molecule has 0 saturated heterocycles. The quantitative estimate of drug-likeness (QED) is 0.682. The van der Waals surface area contributed by atoms with Gasteiger partial charge in [0, 0.05) is 5.56 Å². The van der Waals surface area contributed by atoms with E-state index in [4.69, 9.17) is 5.14 Å². The number of aromatic nitrogens is 2. The largest absolute Gasteiger partial charge is 0.543 e. The molecule has 1 aromatic heterocycles. The molecule has 0 aliphatic rings. The summed E-state index contributed by atoms with van der Waals surface area (Å²) in [5.74, 6) is -1.43. The molecule has 0 spiro atoms. The molecular formula is C16H11BrN3O4S-. The maximum Gasteiger partial charge on any atom is 0.238 e. The fourth-order valence-electron chi connectivity index (χ4n) is 2.34. The average molecular weight is 421 g/mol. The van der Waals surface area contributed by atoms with Crippen LogP contribution in [0.25, 0.3) is 16.9 Å². The van der Waals surface area contributed by atoms with Crippen molar-refractivity contribution in [1.29, 1.82) is 0 Å². The summed E-state index contributed by atoms with van der Waals surface area (Å²) >= 11 is 3.26. The Bertz CT molecular complexity index is 1040. The predicted molar refractivity (Wildman–Crippen MR) is 92.4 cm³/mol. The summed E-state index contributed by atoms with van der Waals surface area (Å²) in [7, 11) is -3.82. The Labute approximate surface area is 151 Å². The fraction of sp³-hybridized carbons (Fsp3) is 0. The summed E-state index contributed by atoms with van der Waals surface area (Å²) in [6, 6.07) is 14.7. The Morgan fingerprint density at radius 1 is 1.08 bits per heavy atom. The molecule has 0 saturated carbocycles. The molecule has 0 aliphatic carbocycles. The van der Waals surface area contributed by atoms with Gasteiger partial charge in [0.15, 0.2) is 0 Å². The topological polar surface area (TPSA) is 118 Å². The first-order valence-corrected chi connectivity index (χ1v) is 9.31. The highest BCUT2D eigenvalue weighted by molar-refractivity contribution is 9.10. The number of carboxylic acids is 1. The van der Waals surface area contributed by atoms with Gasteiger partial charge in [-0.15, -0.1) is 0 Å². The number of hydrogen-bond donors (Lipinski definition) is 1. The van der Waals surface area contributed by atoms with Gasteiger partial charge >= 0.3 is 0 Å². The number of carbonyl (C=O) groups is 1. The Balaban J connectivity index is 2.22. The molecule has 3 aromatic rings. The summed E-state index contributed by atoms with van der Waals surface area (Å²) < 4.78 is 24.4. The third-order valence-corrected chi connectivity index (χ3v) is 5.16. The number of rotatable bonds is 4. The second-order valence-corrected chi connectivity index (χ2v) is 7.47. The zero-order chi connectivity index (χ0) is 18.2. The number of benzene rings is 2. The fourth-order valence-corrected chi connectivity index (χ4v) is 3.49. The van der Waals surface area contributed by atoms with Crippen LogP contribution in [0.3, 0.4) is 0 Å². The van der Waals surface area contributed by atoms with E-state index in [1.165, 1.54) is 28.9 Å². The number of carbonyl (C=O) groups excluding carboxylic acids is 1. The molecule has 0 atom stereocenters. The van der Waals surface area contributed by atoms with Gasteiger partial charge in [-0.3, -0.25) is 0 Å². The number of nitrogens with zero attached hydrogens (tertiary/aromatic N) is 2. The molecular weight excluding hydrogens is 410 g/mol. The lowest BCUT2D eigenvalue weighted by Gasteiger charge is -2.09. The first kappa shape index (κ1) is 17.3. The molecule has 0 amide bonds. The molecule has 9 heteroatoms. The Hall–Kier alpha value is -2.49. The molecule has 3 rings (SSSR count). The van der Waals surface area contributed by atoms with E-state index in [9.17, 15) is 18.3 Å². The Morgan fingerprint density at radius 2 is 1.68 bits per heavy atom. The van der Waals surface area contributed by atoms with Crippen molar-refractivity contribution in [2.45, 2.75) is 4.90 Å². The molecule has 1 heterocycles. The molecule has 7 nitrogen and oxygen atoms in total. The van der Waals surface area contributed by atoms with Crippen LogP contribution in [0.1, 0.15) is 10.5 Å². The summed E-state index contributed by atoms with van der Waals surface area (Å²) in [6.45, 7) is 0. The predicted octanol–water partition coefficient (Wildman–Crippen LogP) is 1.31. The van der Waals surface area contributed by atoms with Crippen molar-refractivity contribution in [3.63, 3.8) is 0 Å². The Kier molecular flexibility index (Phi) is 4.46. The van der Waals surface area contributed by atoms with Crippen LogP contribution in [0.4, 0.5) is 0 Å². The van der Waals surface area contributed by atoms with E-state index in [-0.39, 0.29) is 15.1 Å². The van der Waals surface area contributed by atoms with Gasteiger partial charge in [-0.25, -0.2) is 18.2 Å². The van der Waals surface area contributed by atoms with Crippen molar-refractivity contribution < 1.29 is 18.3 Å². The van der Waals surface area contributed by atoms with E-state index in [1.54, 1.807) is 12.1 Å². The highest BCUT2D eigenvalue weighted by Crippen LogP contribution is 2.33. The van der Waals surface area contributed by atoms with Crippen LogP contribution in [-0.4, -0.2) is 24.2 Å². The van der Waals surface area contributed by atoms with Crippen LogP contribution < -0.4 is 10.2 Å². The zero-order valence-electron chi connectivity index (χ0n) is 12.6. The van der Waals surface area contributed by atoms with Gasteiger partial charge in [0.2, 0.25) is 10.0 Å². The maximum absolute atomic E-state index is 11.4. The lowest BCUT2D eigenvalue weighted by molar-refractivity contribution is -0.255. The zero-order valence-corrected chi connectivity index (χ0v) is 15.0. The van der Waals surface area contributed by atoms with Crippen molar-refractivity contribution in [3.05, 3.63) is 64.8 Å². The number of hydrogen-bond acceptors (Lipinski definition) is 5. The van der Waals surface area contributed by atoms with Gasteiger partial charge in [0.25, 0.3) is 0 Å². The van der Waals surface area contributed by atoms with Crippen LogP contribution in [0.15, 0.2) is 64.0 Å². The third kappa shape index (κ3) is 3.34. The summed E-state index contributed by atoms with van der Waals surface area (Å²) in [5.41, 5.74) is 1.45. The molecule has 2 aromatic carbocycles. The summed E-state index contributed by atoms with van der Waals surface area (Å²) in [4.78, 5) is 11.3. The lowest BCUT2D eigenvalue weighted by atomic mass is 10.1. The second kappa shape index (κ2) is 6.43. The molecule has 0 bridgehead atoms. The number of nitrogens with two attached hydrogens (primary N) is 1. The van der Waals surface area contributed by atoms with E-state index in [1.807, 2.05) is 18.2 Å². The molecule has 25 heavy (non-hydrogen) atoms. The van der Waals surface area contributed by atoms with Crippen molar-refractivity contribution in [2.24, 2.45) is 5.14 Å². The van der Waals surface area contributed by atoms with Crippen LogP contribution in [-0.2, 0) is 10.0 Å². The number of primary sulfonamides is 1. The van der Waals surface area contributed by atoms with E-state index < -0.39 is 16.0 Å². The first-order chi connectivity index (χ1) is 11.8. The number of carboxylic acid groups (broad SMARTS) is 1. The van der Waals surface area contributed by atoms with E-state index in [0.717, 1.165) is 5.56 Å². The normalized spacial score (nSPS) is 11.4. The minimum absolute atomic E-state index is 0.0520. The van der Waals surface area contributed by atoms with Gasteiger partial charge in [0.05, 0.1) is 26.7 Å². The van der Waals surface area contributed by atoms with Gasteiger partial charge < -0.3 is 9.90 Å². The van der Waals surface area contributed by atoms with Gasteiger partial charge in [-0.2, -0.15) is 5.10 Å². The molecule has 0 unspecified atom stereocenters. The SMILES string of the molecule is NS(=O)(=O)c1ccc(-n2nc(C(=O)[O-])c(Br)c2-c2ccccc2)cc1. The lowest BCUT2D eigenvalue weighted by Crippen LogP contribution is -2.23. The van der Waals surface area contributed by atoms with Crippen LogP contribution in [0, 0.1) is 0 Å². The van der Waals surface area contributed by atoms with Crippen LogP contribution in [0.5, 0.6) is 0 Å². The van der Waals surface area contributed by atoms with Gasteiger partial charge in [-0.1, -0.05) is 30.3 Å². The highest BCUT2D eigenvalue weighted by Gasteiger charge is 2.19. The minimum atomic E-state index is -3.82. The van der Waals surface area contributed by atoms with Crippen LogP contribution >= 0.6 is 15.9 Å². The second-order valence-electron chi connectivity index (χ2n) is 5.12. The van der Waals surface area contributed by atoms with Gasteiger partial charge in [-0.05, 0) is 40.2 Å². The summed E-state index contributed by atoms with van der Waals surface area (Å²) in [5, 5.41) is 20.5. The van der Waals surface area contributed by atoms with Crippen molar-refractivity contribution >= 4 is 31.9 Å². The minimum Gasteiger partial charge on any atom is -0.543 e. The summed E-state index contributed by atoms with van der Waals surface area (Å²) in [6.07, 6.45) is 0. The smallest absolute Gasteiger partial charge is 0.238 e. The van der Waals surface area contributed by atoms with Crippen molar-refractivity contribution in [1.82, 2.24) is 9.78 Å². The van der Waals surface area contributed by atoms with Gasteiger partial charge in [0.1, 0.15) is 5.69 Å². The first-order valence-electron chi connectivity index (χ1n) is 6.97. The number of aromatic carboxylic acids is 1. The standard InChI is InChI=1S/C16H12BrN3O4S/c17-13-14(16(21)22)19-20(15(13)10-4-2-1-3-5-10)11-6-8-12(9-7-11)25(18,23)24/h1-9H,(H,21,22)(H2,18,23,24)/p-1. The van der Waals surface area contributed by atoms with E-state index in [0.29, 0.717) is 11.4 Å². The number of halogens is 1. The molecule has 0 fully saturated rings. The van der Waals surface area contributed by atoms with E-state index in [2.05, 4.69) is 21.0 Å². The molecule has 0 radical (unpaired) electrons. The average Bonchev–Trinajstić information content (AvgIpc) is 2.92.